The van der Waals surface area contributed by atoms with Crippen molar-refractivity contribution in [3.63, 3.8) is 0 Å². The van der Waals surface area contributed by atoms with Crippen LogP contribution in [0.15, 0.2) is 42.5 Å². The molecular weight excluding hydrogens is 322 g/mol. The molecule has 0 bridgehead atoms. The van der Waals surface area contributed by atoms with E-state index < -0.39 is 0 Å². The van der Waals surface area contributed by atoms with E-state index in [2.05, 4.69) is 72.4 Å². The van der Waals surface area contributed by atoms with Crippen LogP contribution in [-0.2, 0) is 11.2 Å². The van der Waals surface area contributed by atoms with E-state index in [1.54, 1.807) is 0 Å². The van der Waals surface area contributed by atoms with Crippen molar-refractivity contribution in [3.8, 4) is 0 Å². The zero-order chi connectivity index (χ0) is 18.5. The Balaban J connectivity index is 1.55. The van der Waals surface area contributed by atoms with Gasteiger partial charge < -0.3 is 15.1 Å². The number of benzene rings is 2. The first kappa shape index (κ1) is 18.5. The summed E-state index contributed by atoms with van der Waals surface area (Å²) in [5.74, 6) is 0.0704. The first-order valence-electron chi connectivity index (χ1n) is 9.41. The van der Waals surface area contributed by atoms with E-state index in [0.29, 0.717) is 6.42 Å². The molecule has 1 heterocycles. The maximum atomic E-state index is 12.3. The fourth-order valence-corrected chi connectivity index (χ4v) is 3.27. The Labute approximate surface area is 156 Å². The number of nitrogens with one attached hydrogen (secondary N) is 1. The van der Waals surface area contributed by atoms with E-state index in [-0.39, 0.29) is 5.91 Å². The summed E-state index contributed by atoms with van der Waals surface area (Å²) in [7, 11) is 2.16. The highest BCUT2D eigenvalue weighted by Crippen LogP contribution is 2.24. The number of anilines is 2. The van der Waals surface area contributed by atoms with Crippen LogP contribution in [0.5, 0.6) is 0 Å². The average molecular weight is 351 g/mol. The topological polar surface area (TPSA) is 35.6 Å². The SMILES string of the molecule is Cc1ccc(CCC(=O)Nc2ccc(N3CCN(C)CC3)cc2C)cc1. The van der Waals surface area contributed by atoms with Gasteiger partial charge in [-0.15, -0.1) is 0 Å². The van der Waals surface area contributed by atoms with Crippen molar-refractivity contribution in [1.82, 2.24) is 4.90 Å². The van der Waals surface area contributed by atoms with Crippen molar-refractivity contribution in [1.29, 1.82) is 0 Å². The predicted molar refractivity (Wildman–Crippen MR) is 109 cm³/mol. The summed E-state index contributed by atoms with van der Waals surface area (Å²) >= 11 is 0. The normalized spacial score (nSPS) is 15.1. The Bertz CT molecular complexity index is 746. The number of likely N-dealkylation sites (N-methyl/N-ethyl adjacent to an activating group) is 1. The second-order valence-electron chi connectivity index (χ2n) is 7.32. The molecule has 0 unspecified atom stereocenters. The molecule has 138 valence electrons. The molecule has 1 saturated heterocycles. The number of hydrogen-bond donors (Lipinski definition) is 1. The predicted octanol–water partition coefficient (Wildman–Crippen LogP) is 3.63. The van der Waals surface area contributed by atoms with Crippen LogP contribution in [0.1, 0.15) is 23.1 Å². The highest BCUT2D eigenvalue weighted by atomic mass is 16.1. The number of aryl methyl sites for hydroxylation is 3. The van der Waals surface area contributed by atoms with Crippen molar-refractivity contribution in [3.05, 3.63) is 59.2 Å². The average Bonchev–Trinajstić information content (AvgIpc) is 2.63. The van der Waals surface area contributed by atoms with Crippen molar-refractivity contribution >= 4 is 17.3 Å². The minimum atomic E-state index is 0.0704. The van der Waals surface area contributed by atoms with Crippen LogP contribution in [0, 0.1) is 13.8 Å². The molecule has 2 aromatic carbocycles. The smallest absolute Gasteiger partial charge is 0.224 e. The molecule has 0 atom stereocenters. The summed E-state index contributed by atoms with van der Waals surface area (Å²) in [6.45, 7) is 8.43. The molecule has 0 radical (unpaired) electrons. The molecule has 0 spiro atoms. The molecule has 4 heteroatoms. The number of piperazine rings is 1. The molecule has 4 nitrogen and oxygen atoms in total. The molecule has 1 amide bonds. The molecule has 1 fully saturated rings. The minimum absolute atomic E-state index is 0.0704. The van der Waals surface area contributed by atoms with Crippen LogP contribution in [-0.4, -0.2) is 44.0 Å². The van der Waals surface area contributed by atoms with Gasteiger partial charge in [-0.05, 0) is 56.6 Å². The van der Waals surface area contributed by atoms with E-state index in [9.17, 15) is 4.79 Å². The monoisotopic (exact) mass is 351 g/mol. The lowest BCUT2D eigenvalue weighted by Crippen LogP contribution is -2.44. The number of carbonyl (C=O) groups is 1. The number of amides is 1. The lowest BCUT2D eigenvalue weighted by atomic mass is 10.1. The molecule has 1 aliphatic rings. The van der Waals surface area contributed by atoms with Gasteiger partial charge in [0.2, 0.25) is 5.91 Å². The van der Waals surface area contributed by atoms with Crippen LogP contribution in [0.2, 0.25) is 0 Å². The Morgan fingerprint density at radius 2 is 1.69 bits per heavy atom. The Hall–Kier alpha value is -2.33. The number of nitrogens with zero attached hydrogens (tertiary/aromatic N) is 2. The van der Waals surface area contributed by atoms with Gasteiger partial charge in [0.1, 0.15) is 0 Å². The minimum Gasteiger partial charge on any atom is -0.369 e. The van der Waals surface area contributed by atoms with Gasteiger partial charge in [0, 0.05) is 44.0 Å². The molecule has 26 heavy (non-hydrogen) atoms. The standard InChI is InChI=1S/C22H29N3O/c1-17-4-6-19(7-5-17)8-11-22(26)23-21-10-9-20(16-18(21)2)25-14-12-24(3)13-15-25/h4-7,9-10,16H,8,11-15H2,1-3H3,(H,23,26). The van der Waals surface area contributed by atoms with Gasteiger partial charge in [-0.25, -0.2) is 0 Å². The third kappa shape index (κ3) is 4.85. The molecule has 0 aliphatic carbocycles. The number of rotatable bonds is 5. The van der Waals surface area contributed by atoms with Crippen molar-refractivity contribution in [2.45, 2.75) is 26.7 Å². The summed E-state index contributed by atoms with van der Waals surface area (Å²) in [4.78, 5) is 17.1. The maximum Gasteiger partial charge on any atom is 0.224 e. The number of carbonyl (C=O) groups excluding carboxylic acids is 1. The van der Waals surface area contributed by atoms with Crippen LogP contribution in [0.3, 0.4) is 0 Å². The molecule has 3 rings (SSSR count). The largest absolute Gasteiger partial charge is 0.369 e. The third-order valence-corrected chi connectivity index (χ3v) is 5.11. The van der Waals surface area contributed by atoms with Crippen LogP contribution in [0.25, 0.3) is 0 Å². The van der Waals surface area contributed by atoms with Crippen molar-refractivity contribution in [2.75, 3.05) is 43.4 Å². The molecule has 0 saturated carbocycles. The van der Waals surface area contributed by atoms with Gasteiger partial charge in [-0.3, -0.25) is 4.79 Å². The van der Waals surface area contributed by atoms with Crippen LogP contribution in [0.4, 0.5) is 11.4 Å². The quantitative estimate of drug-likeness (QED) is 0.893. The van der Waals surface area contributed by atoms with Crippen molar-refractivity contribution < 1.29 is 4.79 Å². The molecule has 0 aromatic heterocycles. The first-order valence-corrected chi connectivity index (χ1v) is 9.41. The van der Waals surface area contributed by atoms with Crippen LogP contribution < -0.4 is 10.2 Å². The lowest BCUT2D eigenvalue weighted by Gasteiger charge is -2.34. The summed E-state index contributed by atoms with van der Waals surface area (Å²) < 4.78 is 0. The Morgan fingerprint density at radius 1 is 1.00 bits per heavy atom. The fraction of sp³-hybridized carbons (Fsp3) is 0.409. The second kappa shape index (κ2) is 8.37. The van der Waals surface area contributed by atoms with E-state index in [1.165, 1.54) is 16.8 Å². The van der Waals surface area contributed by atoms with Crippen molar-refractivity contribution in [2.24, 2.45) is 0 Å². The molecule has 1 aliphatic heterocycles. The summed E-state index contributed by atoms with van der Waals surface area (Å²) in [6.07, 6.45) is 1.27. The van der Waals surface area contributed by atoms with Gasteiger partial charge in [0.25, 0.3) is 0 Å². The van der Waals surface area contributed by atoms with E-state index >= 15 is 0 Å². The summed E-state index contributed by atoms with van der Waals surface area (Å²) in [5, 5.41) is 3.06. The number of hydrogen-bond acceptors (Lipinski definition) is 3. The second-order valence-corrected chi connectivity index (χ2v) is 7.32. The van der Waals surface area contributed by atoms with Gasteiger partial charge in [0.15, 0.2) is 0 Å². The molecule has 2 aromatic rings. The van der Waals surface area contributed by atoms with Crippen LogP contribution >= 0.6 is 0 Å². The van der Waals surface area contributed by atoms with Gasteiger partial charge in [-0.1, -0.05) is 29.8 Å². The van der Waals surface area contributed by atoms with Gasteiger partial charge in [0.05, 0.1) is 0 Å². The maximum absolute atomic E-state index is 12.3. The fourth-order valence-electron chi connectivity index (χ4n) is 3.27. The molecular formula is C22H29N3O. The highest BCUT2D eigenvalue weighted by Gasteiger charge is 2.15. The summed E-state index contributed by atoms with van der Waals surface area (Å²) in [6, 6.07) is 14.7. The van der Waals surface area contributed by atoms with E-state index in [4.69, 9.17) is 0 Å². The van der Waals surface area contributed by atoms with Gasteiger partial charge in [-0.2, -0.15) is 0 Å². The van der Waals surface area contributed by atoms with E-state index in [1.807, 2.05) is 6.07 Å². The van der Waals surface area contributed by atoms with E-state index in [0.717, 1.165) is 43.9 Å². The zero-order valence-corrected chi connectivity index (χ0v) is 16.1. The zero-order valence-electron chi connectivity index (χ0n) is 16.1. The molecule has 1 N–H and O–H groups in total. The first-order chi connectivity index (χ1) is 12.5. The third-order valence-electron chi connectivity index (χ3n) is 5.11. The van der Waals surface area contributed by atoms with Gasteiger partial charge >= 0.3 is 0 Å². The Morgan fingerprint density at radius 3 is 2.35 bits per heavy atom. The lowest BCUT2D eigenvalue weighted by molar-refractivity contribution is -0.116. The highest BCUT2D eigenvalue weighted by molar-refractivity contribution is 5.91. The summed E-state index contributed by atoms with van der Waals surface area (Å²) in [5.41, 5.74) is 5.72. The Kier molecular flexibility index (Phi) is 5.94.